The molecule has 1 aromatic rings. The number of hydrogen-bond donors (Lipinski definition) is 2. The Morgan fingerprint density at radius 2 is 2.39 bits per heavy atom. The highest BCUT2D eigenvalue weighted by Crippen LogP contribution is 2.27. The van der Waals surface area contributed by atoms with E-state index in [0.717, 1.165) is 19.3 Å². The van der Waals surface area contributed by atoms with Gasteiger partial charge < -0.3 is 15.7 Å². The number of rotatable bonds is 5. The number of carbonyl (C=O) groups excluding carboxylic acids is 1. The molecule has 1 fully saturated rings. The van der Waals surface area contributed by atoms with Gasteiger partial charge in [-0.25, -0.2) is 0 Å². The smallest absolute Gasteiger partial charge is 0.274 e. The Labute approximate surface area is 106 Å². The molecule has 0 spiro atoms. The number of carbonyl (C=O) groups is 1. The van der Waals surface area contributed by atoms with Gasteiger partial charge >= 0.3 is 0 Å². The maximum atomic E-state index is 12.5. The first kappa shape index (κ1) is 12.9. The Bertz CT molecular complexity index is 426. The second-order valence-corrected chi connectivity index (χ2v) is 4.57. The molecule has 1 aliphatic rings. The van der Waals surface area contributed by atoms with Crippen LogP contribution in [0.3, 0.4) is 0 Å². The van der Waals surface area contributed by atoms with Crippen molar-refractivity contribution in [1.82, 2.24) is 14.7 Å². The highest BCUT2D eigenvalue weighted by atomic mass is 16.3. The molecule has 1 aromatic heterocycles. The number of nitrogens with zero attached hydrogens (tertiary/aromatic N) is 3. The van der Waals surface area contributed by atoms with Crippen molar-refractivity contribution in [2.75, 3.05) is 18.9 Å². The number of aryl methyl sites for hydroxylation is 1. The Hall–Kier alpha value is -1.56. The second-order valence-electron chi connectivity index (χ2n) is 4.57. The number of anilines is 1. The van der Waals surface area contributed by atoms with Crippen molar-refractivity contribution >= 4 is 11.6 Å². The fourth-order valence-electron chi connectivity index (χ4n) is 2.27. The van der Waals surface area contributed by atoms with Gasteiger partial charge in [0, 0.05) is 19.1 Å². The average Bonchev–Trinajstić information content (AvgIpc) is 2.66. The minimum atomic E-state index is -0.120. The highest BCUT2D eigenvalue weighted by molar-refractivity contribution is 5.97. The summed E-state index contributed by atoms with van der Waals surface area (Å²) in [5.41, 5.74) is 6.67. The third kappa shape index (κ3) is 2.20. The number of aromatic nitrogens is 2. The Morgan fingerprint density at radius 3 is 2.89 bits per heavy atom. The zero-order valence-corrected chi connectivity index (χ0v) is 10.7. The molecule has 100 valence electrons. The van der Waals surface area contributed by atoms with E-state index < -0.39 is 0 Å². The fourth-order valence-corrected chi connectivity index (χ4v) is 2.27. The SMILES string of the molecule is CCn1ncc(N)c1C(=O)N(CCO)C1CCC1. The van der Waals surface area contributed by atoms with Crippen molar-refractivity contribution in [1.29, 1.82) is 0 Å². The van der Waals surface area contributed by atoms with Gasteiger partial charge in [0.15, 0.2) is 0 Å². The molecule has 0 aliphatic heterocycles. The lowest BCUT2D eigenvalue weighted by Gasteiger charge is -2.37. The van der Waals surface area contributed by atoms with Crippen molar-refractivity contribution in [3.63, 3.8) is 0 Å². The van der Waals surface area contributed by atoms with Crippen LogP contribution in [-0.4, -0.2) is 44.9 Å². The predicted octanol–water partition coefficient (Wildman–Crippen LogP) is 0.472. The summed E-state index contributed by atoms with van der Waals surface area (Å²) in [6.45, 7) is 2.86. The van der Waals surface area contributed by atoms with E-state index in [4.69, 9.17) is 10.8 Å². The topological polar surface area (TPSA) is 84.4 Å². The quantitative estimate of drug-likeness (QED) is 0.798. The van der Waals surface area contributed by atoms with Gasteiger partial charge in [-0.1, -0.05) is 0 Å². The van der Waals surface area contributed by atoms with Gasteiger partial charge in [-0.15, -0.1) is 0 Å². The first-order valence-electron chi connectivity index (χ1n) is 6.42. The zero-order chi connectivity index (χ0) is 13.1. The third-order valence-corrected chi connectivity index (χ3v) is 3.49. The summed E-state index contributed by atoms with van der Waals surface area (Å²) in [4.78, 5) is 14.2. The van der Waals surface area contributed by atoms with Gasteiger partial charge in [-0.3, -0.25) is 9.48 Å². The first-order chi connectivity index (χ1) is 8.69. The summed E-state index contributed by atoms with van der Waals surface area (Å²) < 4.78 is 1.61. The fraction of sp³-hybridized carbons (Fsp3) is 0.667. The summed E-state index contributed by atoms with van der Waals surface area (Å²) in [5, 5.41) is 13.2. The number of amides is 1. The molecule has 0 unspecified atom stereocenters. The van der Waals surface area contributed by atoms with Gasteiger partial charge in [0.1, 0.15) is 5.69 Å². The molecule has 2 rings (SSSR count). The molecule has 0 aromatic carbocycles. The lowest BCUT2D eigenvalue weighted by atomic mass is 9.91. The number of hydrogen-bond acceptors (Lipinski definition) is 4. The van der Waals surface area contributed by atoms with Crippen LogP contribution in [0.25, 0.3) is 0 Å². The molecule has 1 heterocycles. The molecule has 0 bridgehead atoms. The molecule has 3 N–H and O–H groups in total. The van der Waals surface area contributed by atoms with Crippen LogP contribution in [0.2, 0.25) is 0 Å². The molecule has 6 heteroatoms. The molecule has 0 saturated heterocycles. The van der Waals surface area contributed by atoms with Crippen molar-refractivity contribution in [2.45, 2.75) is 38.8 Å². The molecular weight excluding hydrogens is 232 g/mol. The monoisotopic (exact) mass is 252 g/mol. The zero-order valence-electron chi connectivity index (χ0n) is 10.7. The van der Waals surface area contributed by atoms with Gasteiger partial charge in [-0.05, 0) is 26.2 Å². The van der Waals surface area contributed by atoms with Crippen molar-refractivity contribution in [3.05, 3.63) is 11.9 Å². The van der Waals surface area contributed by atoms with Gasteiger partial charge in [0.2, 0.25) is 0 Å². The Kier molecular flexibility index (Phi) is 3.86. The van der Waals surface area contributed by atoms with Crippen molar-refractivity contribution < 1.29 is 9.90 Å². The summed E-state index contributed by atoms with van der Waals surface area (Å²) in [7, 11) is 0. The van der Waals surface area contributed by atoms with E-state index in [2.05, 4.69) is 5.10 Å². The summed E-state index contributed by atoms with van der Waals surface area (Å²) in [5.74, 6) is -0.120. The number of nitrogen functional groups attached to an aromatic ring is 1. The minimum Gasteiger partial charge on any atom is -0.396 e. The van der Waals surface area contributed by atoms with Crippen LogP contribution >= 0.6 is 0 Å². The molecule has 18 heavy (non-hydrogen) atoms. The Morgan fingerprint density at radius 1 is 1.67 bits per heavy atom. The molecule has 1 aliphatic carbocycles. The largest absolute Gasteiger partial charge is 0.396 e. The van der Waals surface area contributed by atoms with E-state index in [1.165, 1.54) is 6.20 Å². The first-order valence-corrected chi connectivity index (χ1v) is 6.42. The van der Waals surface area contributed by atoms with E-state index >= 15 is 0 Å². The van der Waals surface area contributed by atoms with Gasteiger partial charge in [0.05, 0.1) is 18.5 Å². The summed E-state index contributed by atoms with van der Waals surface area (Å²) >= 11 is 0. The van der Waals surface area contributed by atoms with Crippen LogP contribution in [0.1, 0.15) is 36.7 Å². The van der Waals surface area contributed by atoms with Crippen molar-refractivity contribution in [2.24, 2.45) is 0 Å². The van der Waals surface area contributed by atoms with E-state index in [1.807, 2.05) is 6.92 Å². The van der Waals surface area contributed by atoms with Gasteiger partial charge in [0.25, 0.3) is 5.91 Å². The highest BCUT2D eigenvalue weighted by Gasteiger charge is 2.31. The maximum absolute atomic E-state index is 12.5. The molecule has 0 radical (unpaired) electrons. The molecular formula is C12H20N4O2. The third-order valence-electron chi connectivity index (χ3n) is 3.49. The van der Waals surface area contributed by atoms with Crippen LogP contribution in [0.5, 0.6) is 0 Å². The standard InChI is InChI=1S/C12H20N4O2/c1-2-16-11(10(13)8-14-16)12(18)15(6-7-17)9-4-3-5-9/h8-9,17H,2-7,13H2,1H3. The maximum Gasteiger partial charge on any atom is 0.274 e. The van der Waals surface area contributed by atoms with Crippen molar-refractivity contribution in [3.8, 4) is 0 Å². The Balaban J connectivity index is 2.23. The number of nitrogens with two attached hydrogens (primary N) is 1. The average molecular weight is 252 g/mol. The summed E-state index contributed by atoms with van der Waals surface area (Å²) in [6.07, 6.45) is 4.66. The number of aliphatic hydroxyl groups is 1. The van der Waals surface area contributed by atoms with E-state index in [1.54, 1.807) is 9.58 Å². The lowest BCUT2D eigenvalue weighted by Crippen LogP contribution is -2.46. The van der Waals surface area contributed by atoms with Gasteiger partial charge in [-0.2, -0.15) is 5.10 Å². The van der Waals surface area contributed by atoms with E-state index in [-0.39, 0.29) is 18.6 Å². The van der Waals surface area contributed by atoms with Crippen LogP contribution in [0, 0.1) is 0 Å². The summed E-state index contributed by atoms with van der Waals surface area (Å²) in [6, 6.07) is 0.240. The predicted molar refractivity (Wildman–Crippen MR) is 68.1 cm³/mol. The minimum absolute atomic E-state index is 0.0254. The van der Waals surface area contributed by atoms with E-state index in [9.17, 15) is 4.79 Å². The molecule has 1 saturated carbocycles. The van der Waals surface area contributed by atoms with Crippen LogP contribution in [0.15, 0.2) is 6.20 Å². The van der Waals surface area contributed by atoms with E-state index in [0.29, 0.717) is 24.5 Å². The van der Waals surface area contributed by atoms with Crippen LogP contribution < -0.4 is 5.73 Å². The second kappa shape index (κ2) is 5.39. The number of aliphatic hydroxyl groups excluding tert-OH is 1. The van der Waals surface area contributed by atoms with Crippen LogP contribution in [0.4, 0.5) is 5.69 Å². The molecule has 0 atom stereocenters. The lowest BCUT2D eigenvalue weighted by molar-refractivity contribution is 0.0514. The molecule has 6 nitrogen and oxygen atoms in total. The van der Waals surface area contributed by atoms with Crippen LogP contribution in [-0.2, 0) is 6.54 Å². The normalized spacial score (nSPS) is 15.4. The molecule has 1 amide bonds.